The monoisotopic (exact) mass is 544 g/mol. The third-order valence-electron chi connectivity index (χ3n) is 8.62. The number of para-hydroxylation sites is 2. The fourth-order valence-corrected chi connectivity index (χ4v) is 7.08. The summed E-state index contributed by atoms with van der Waals surface area (Å²) in [5.74, 6) is -1.75. The molecule has 6 heteroatoms. The lowest BCUT2D eigenvalue weighted by Crippen LogP contribution is -2.51. The predicted octanol–water partition coefficient (Wildman–Crippen LogP) is 6.59. The summed E-state index contributed by atoms with van der Waals surface area (Å²) in [6.07, 6.45) is 2.06. The third-order valence-corrected chi connectivity index (χ3v) is 8.87. The second-order valence-corrected chi connectivity index (χ2v) is 11.0. The van der Waals surface area contributed by atoms with E-state index in [0.29, 0.717) is 21.8 Å². The number of allylic oxidation sites excluding steroid dienone is 1. The van der Waals surface area contributed by atoms with Gasteiger partial charge in [-0.3, -0.25) is 14.4 Å². The van der Waals surface area contributed by atoms with Gasteiger partial charge < -0.3 is 10.2 Å². The Morgan fingerprint density at radius 1 is 0.800 bits per heavy atom. The number of halogens is 1. The number of nitrogens with one attached hydrogen (secondary N) is 1. The largest absolute Gasteiger partial charge is 0.352 e. The average Bonchev–Trinajstić information content (AvgIpc) is 3.45. The van der Waals surface area contributed by atoms with Crippen molar-refractivity contribution in [3.63, 3.8) is 0 Å². The molecule has 0 saturated carbocycles. The van der Waals surface area contributed by atoms with E-state index in [1.807, 2.05) is 78.6 Å². The highest BCUT2D eigenvalue weighted by atomic mass is 35.5. The molecule has 1 fully saturated rings. The molecule has 0 radical (unpaired) electrons. The Hall–Kier alpha value is -4.48. The molecule has 0 bridgehead atoms. The highest BCUT2D eigenvalue weighted by Crippen LogP contribution is 2.58. The lowest BCUT2D eigenvalue weighted by atomic mass is 9.64. The van der Waals surface area contributed by atoms with Crippen LogP contribution in [0.15, 0.2) is 109 Å². The Bertz CT molecular complexity index is 1730. The van der Waals surface area contributed by atoms with Gasteiger partial charge in [-0.15, -0.1) is 0 Å². The Kier molecular flexibility index (Phi) is 5.55. The first-order valence-corrected chi connectivity index (χ1v) is 13.7. The number of hydrogen-bond acceptors (Lipinski definition) is 4. The van der Waals surface area contributed by atoms with Crippen LogP contribution in [-0.2, 0) is 10.2 Å². The highest BCUT2D eigenvalue weighted by molar-refractivity contribution is 6.30. The number of amides is 1. The van der Waals surface area contributed by atoms with E-state index >= 15 is 0 Å². The van der Waals surface area contributed by atoms with Gasteiger partial charge in [0.15, 0.2) is 11.6 Å². The number of anilines is 2. The molecule has 1 N–H and O–H groups in total. The smallest absolute Gasteiger partial charge is 0.238 e. The minimum atomic E-state index is -1.34. The maximum atomic E-state index is 14.7. The van der Waals surface area contributed by atoms with Crippen molar-refractivity contribution in [3.8, 4) is 0 Å². The van der Waals surface area contributed by atoms with Gasteiger partial charge in [0.05, 0.1) is 12.0 Å². The van der Waals surface area contributed by atoms with Gasteiger partial charge in [-0.25, -0.2) is 0 Å². The lowest BCUT2D eigenvalue weighted by molar-refractivity contribution is -0.121. The zero-order chi connectivity index (χ0) is 27.6. The van der Waals surface area contributed by atoms with E-state index in [-0.39, 0.29) is 17.5 Å². The molecule has 0 unspecified atom stereocenters. The molecule has 0 aromatic heterocycles. The van der Waals surface area contributed by atoms with Crippen LogP contribution in [0.1, 0.15) is 38.8 Å². The molecule has 7 rings (SSSR count). The second-order valence-electron chi connectivity index (χ2n) is 10.6. The normalized spacial score (nSPS) is 24.1. The van der Waals surface area contributed by atoms with E-state index in [0.717, 1.165) is 22.4 Å². The second kappa shape index (κ2) is 9.04. The van der Waals surface area contributed by atoms with Gasteiger partial charge in [-0.05, 0) is 54.5 Å². The fourth-order valence-electron chi connectivity index (χ4n) is 6.95. The minimum absolute atomic E-state index is 0.199. The molecule has 1 saturated heterocycles. The molecule has 3 aliphatic heterocycles. The van der Waals surface area contributed by atoms with E-state index in [9.17, 15) is 14.4 Å². The van der Waals surface area contributed by atoms with Crippen LogP contribution in [0.3, 0.4) is 0 Å². The van der Waals surface area contributed by atoms with E-state index in [4.69, 9.17) is 11.6 Å². The molecule has 5 nitrogen and oxygen atoms in total. The SMILES string of the molecule is CC1=C[C@H]2N(c3ccccc31)[C@H](C(=O)c1ccccc1)[C@@H](C(=O)c1ccc(Cl)cc1)[C@]21C(=O)Nc2ccccc21. The molecule has 196 valence electrons. The molecule has 4 aromatic rings. The molecular formula is C34H25ClN2O3. The molecule has 40 heavy (non-hydrogen) atoms. The minimum Gasteiger partial charge on any atom is -0.352 e. The van der Waals surface area contributed by atoms with Crippen LogP contribution in [0.25, 0.3) is 5.57 Å². The summed E-state index contributed by atoms with van der Waals surface area (Å²) in [4.78, 5) is 45.7. The van der Waals surface area contributed by atoms with E-state index in [1.165, 1.54) is 0 Å². The maximum absolute atomic E-state index is 14.7. The summed E-state index contributed by atoms with van der Waals surface area (Å²) >= 11 is 6.17. The standard InChI is InChI=1S/C34H25ClN2O3/c1-20-19-28-34(25-12-6-7-13-26(25)36-33(34)40)29(31(38)22-15-17-23(35)18-16-22)30(32(39)21-9-3-2-4-10-21)37(28)27-14-8-5-11-24(20)27/h2-19,28-30H,1H3,(H,36,40)/t28-,29+,30+,34-/m1/s1. The van der Waals surface area contributed by atoms with Gasteiger partial charge in [0.2, 0.25) is 5.91 Å². The number of hydrogen-bond donors (Lipinski definition) is 1. The van der Waals surface area contributed by atoms with Crippen molar-refractivity contribution in [2.75, 3.05) is 10.2 Å². The highest BCUT2D eigenvalue weighted by Gasteiger charge is 2.70. The van der Waals surface area contributed by atoms with Gasteiger partial charge in [-0.1, -0.05) is 84.4 Å². The van der Waals surface area contributed by atoms with Crippen LogP contribution in [0.5, 0.6) is 0 Å². The van der Waals surface area contributed by atoms with Gasteiger partial charge in [0.25, 0.3) is 0 Å². The summed E-state index contributed by atoms with van der Waals surface area (Å²) in [6.45, 7) is 2.02. The van der Waals surface area contributed by atoms with Gasteiger partial charge in [-0.2, -0.15) is 0 Å². The maximum Gasteiger partial charge on any atom is 0.238 e. The van der Waals surface area contributed by atoms with E-state index in [1.54, 1.807) is 36.4 Å². The number of fused-ring (bicyclic) bond motifs is 6. The zero-order valence-electron chi connectivity index (χ0n) is 21.7. The number of rotatable bonds is 4. The van der Waals surface area contributed by atoms with Gasteiger partial charge in [0, 0.05) is 33.1 Å². The first-order valence-electron chi connectivity index (χ1n) is 13.3. The average molecular weight is 545 g/mol. The van der Waals surface area contributed by atoms with Crippen molar-refractivity contribution in [2.45, 2.75) is 24.4 Å². The van der Waals surface area contributed by atoms with Gasteiger partial charge in [0.1, 0.15) is 11.5 Å². The van der Waals surface area contributed by atoms with Crippen molar-refractivity contribution in [2.24, 2.45) is 5.92 Å². The summed E-state index contributed by atoms with van der Waals surface area (Å²) < 4.78 is 0. The number of benzene rings is 4. The number of carbonyl (C=O) groups excluding carboxylic acids is 3. The van der Waals surface area contributed by atoms with Crippen molar-refractivity contribution < 1.29 is 14.4 Å². The number of Topliss-reactive ketones (excluding diaryl/α,β-unsaturated/α-hetero) is 2. The van der Waals surface area contributed by atoms with Crippen LogP contribution in [0.2, 0.25) is 5.02 Å². The predicted molar refractivity (Wildman–Crippen MR) is 157 cm³/mol. The number of ketones is 2. The topological polar surface area (TPSA) is 66.5 Å². The number of nitrogens with zero attached hydrogens (tertiary/aromatic N) is 1. The summed E-state index contributed by atoms with van der Waals surface area (Å²) in [5, 5.41) is 3.57. The van der Waals surface area contributed by atoms with Crippen molar-refractivity contribution in [1.82, 2.24) is 0 Å². The van der Waals surface area contributed by atoms with Crippen molar-refractivity contribution >= 4 is 46.0 Å². The third kappa shape index (κ3) is 3.31. The molecule has 3 aliphatic rings. The lowest BCUT2D eigenvalue weighted by Gasteiger charge is -2.39. The first-order chi connectivity index (χ1) is 19.4. The molecule has 1 amide bonds. The van der Waals surface area contributed by atoms with Crippen LogP contribution in [0, 0.1) is 5.92 Å². The summed E-state index contributed by atoms with van der Waals surface area (Å²) in [5.41, 5.74) is 3.78. The summed E-state index contributed by atoms with van der Waals surface area (Å²) in [7, 11) is 0. The van der Waals surface area contributed by atoms with E-state index < -0.39 is 23.4 Å². The zero-order valence-corrected chi connectivity index (χ0v) is 22.4. The number of carbonyl (C=O) groups is 3. The Morgan fingerprint density at radius 3 is 2.23 bits per heavy atom. The quantitative estimate of drug-likeness (QED) is 0.294. The molecule has 0 aliphatic carbocycles. The van der Waals surface area contributed by atoms with Crippen LogP contribution < -0.4 is 10.2 Å². The molecular weight excluding hydrogens is 520 g/mol. The van der Waals surface area contributed by atoms with Crippen LogP contribution in [0.4, 0.5) is 11.4 Å². The van der Waals surface area contributed by atoms with Gasteiger partial charge >= 0.3 is 0 Å². The molecule has 4 atom stereocenters. The Labute approximate surface area is 237 Å². The van der Waals surface area contributed by atoms with Crippen molar-refractivity contribution in [3.05, 3.63) is 136 Å². The Balaban J connectivity index is 1.56. The molecule has 3 heterocycles. The first kappa shape index (κ1) is 24.6. The van der Waals surface area contributed by atoms with Crippen molar-refractivity contribution in [1.29, 1.82) is 0 Å². The molecule has 1 spiro atoms. The fraction of sp³-hybridized carbons (Fsp3) is 0.147. The molecule has 4 aromatic carbocycles. The van der Waals surface area contributed by atoms with Crippen LogP contribution in [-0.4, -0.2) is 29.6 Å². The Morgan fingerprint density at radius 2 is 1.45 bits per heavy atom. The van der Waals surface area contributed by atoms with E-state index in [2.05, 4.69) is 11.4 Å². The van der Waals surface area contributed by atoms with Crippen LogP contribution >= 0.6 is 11.6 Å². The summed E-state index contributed by atoms with van der Waals surface area (Å²) in [6, 6.07) is 29.6.